The second-order valence-electron chi connectivity index (χ2n) is 6.70. The monoisotopic (exact) mass is 429 g/mol. The molecule has 1 saturated heterocycles. The summed E-state index contributed by atoms with van der Waals surface area (Å²) in [7, 11) is -3.90. The van der Waals surface area contributed by atoms with Gasteiger partial charge in [0, 0.05) is 32.2 Å². The third-order valence-corrected chi connectivity index (χ3v) is 5.95. The topological polar surface area (TPSA) is 87.2 Å². The van der Waals surface area contributed by atoms with Crippen molar-refractivity contribution in [2.45, 2.75) is 30.8 Å². The Hall–Kier alpha value is -2.40. The molecule has 0 atom stereocenters. The van der Waals surface area contributed by atoms with Gasteiger partial charge in [-0.2, -0.15) is 13.2 Å². The average Bonchev–Trinajstić information content (AvgIpc) is 3.19. The van der Waals surface area contributed by atoms with E-state index in [9.17, 15) is 21.6 Å². The SMILES string of the molecule is Cc1nc(NCCNS(=O)(=O)c2ccc(C(F)(F)F)cc2)cc(N2CCCC2)n1. The van der Waals surface area contributed by atoms with Crippen LogP contribution in [0.2, 0.25) is 0 Å². The van der Waals surface area contributed by atoms with Crippen molar-refractivity contribution in [3.8, 4) is 0 Å². The van der Waals surface area contributed by atoms with Crippen molar-refractivity contribution < 1.29 is 21.6 Å². The van der Waals surface area contributed by atoms with Crippen molar-refractivity contribution in [3.63, 3.8) is 0 Å². The van der Waals surface area contributed by atoms with Crippen molar-refractivity contribution in [3.05, 3.63) is 41.7 Å². The summed E-state index contributed by atoms with van der Waals surface area (Å²) in [5, 5.41) is 3.05. The Labute approximate surface area is 167 Å². The summed E-state index contributed by atoms with van der Waals surface area (Å²) in [6.07, 6.45) is -2.27. The molecule has 2 aromatic rings. The number of anilines is 2. The molecule has 1 fully saturated rings. The molecule has 1 aromatic heterocycles. The van der Waals surface area contributed by atoms with Crippen molar-refractivity contribution >= 4 is 21.7 Å². The Morgan fingerprint density at radius 2 is 1.72 bits per heavy atom. The molecule has 0 aliphatic carbocycles. The molecule has 3 rings (SSSR count). The van der Waals surface area contributed by atoms with Crippen LogP contribution in [0.25, 0.3) is 0 Å². The summed E-state index contributed by atoms with van der Waals surface area (Å²) in [5.74, 6) is 2.04. The van der Waals surface area contributed by atoms with E-state index in [1.807, 2.05) is 6.07 Å². The van der Waals surface area contributed by atoms with E-state index in [4.69, 9.17) is 0 Å². The second kappa shape index (κ2) is 8.54. The molecule has 1 aliphatic heterocycles. The third-order valence-electron chi connectivity index (χ3n) is 4.47. The summed E-state index contributed by atoms with van der Waals surface area (Å²) < 4.78 is 64.6. The van der Waals surface area contributed by atoms with Gasteiger partial charge in [-0.05, 0) is 44.0 Å². The Morgan fingerprint density at radius 1 is 1.07 bits per heavy atom. The van der Waals surface area contributed by atoms with E-state index < -0.39 is 21.8 Å². The minimum absolute atomic E-state index is 0.0471. The Morgan fingerprint density at radius 3 is 2.34 bits per heavy atom. The summed E-state index contributed by atoms with van der Waals surface area (Å²) >= 11 is 0. The fourth-order valence-electron chi connectivity index (χ4n) is 3.03. The highest BCUT2D eigenvalue weighted by Gasteiger charge is 2.30. The maximum atomic E-state index is 12.6. The lowest BCUT2D eigenvalue weighted by atomic mass is 10.2. The minimum Gasteiger partial charge on any atom is -0.369 e. The molecule has 0 unspecified atom stereocenters. The van der Waals surface area contributed by atoms with Crippen LogP contribution in [0.15, 0.2) is 35.2 Å². The lowest BCUT2D eigenvalue weighted by molar-refractivity contribution is -0.137. The highest BCUT2D eigenvalue weighted by atomic mass is 32.2. The predicted molar refractivity (Wildman–Crippen MR) is 103 cm³/mol. The summed E-state index contributed by atoms with van der Waals surface area (Å²) in [4.78, 5) is 10.7. The van der Waals surface area contributed by atoms with Gasteiger partial charge >= 0.3 is 6.18 Å². The molecule has 11 heteroatoms. The van der Waals surface area contributed by atoms with E-state index in [1.54, 1.807) is 6.92 Å². The van der Waals surface area contributed by atoms with Crippen LogP contribution in [0.4, 0.5) is 24.8 Å². The Kier molecular flexibility index (Phi) is 6.27. The number of aryl methyl sites for hydroxylation is 1. The quantitative estimate of drug-likeness (QED) is 0.659. The highest BCUT2D eigenvalue weighted by Crippen LogP contribution is 2.29. The molecule has 2 N–H and O–H groups in total. The maximum absolute atomic E-state index is 12.6. The van der Waals surface area contributed by atoms with E-state index in [-0.39, 0.29) is 18.0 Å². The summed E-state index contributed by atoms with van der Waals surface area (Å²) in [5.41, 5.74) is -0.897. The van der Waals surface area contributed by atoms with Crippen molar-refractivity contribution in [2.24, 2.45) is 0 Å². The molecule has 0 spiro atoms. The highest BCUT2D eigenvalue weighted by molar-refractivity contribution is 7.89. The molecule has 1 aliphatic rings. The number of benzene rings is 1. The number of aromatic nitrogens is 2. The van der Waals surface area contributed by atoms with Crippen LogP contribution in [0.5, 0.6) is 0 Å². The maximum Gasteiger partial charge on any atom is 0.416 e. The predicted octanol–water partition coefficient (Wildman–Crippen LogP) is 2.79. The van der Waals surface area contributed by atoms with Gasteiger partial charge in [0.1, 0.15) is 17.5 Å². The standard InChI is InChI=1S/C18H22F3N5O2S/c1-13-24-16(12-17(25-13)26-10-2-3-11-26)22-8-9-23-29(27,28)15-6-4-14(5-7-15)18(19,20)21/h4-7,12,23H,2-3,8-11H2,1H3,(H,22,24,25). The summed E-state index contributed by atoms with van der Waals surface area (Å²) in [6, 6.07) is 5.19. The first-order valence-corrected chi connectivity index (χ1v) is 10.6. The molecule has 0 saturated carbocycles. The van der Waals surface area contributed by atoms with Gasteiger partial charge in [-0.25, -0.2) is 23.1 Å². The lowest BCUT2D eigenvalue weighted by Crippen LogP contribution is -2.29. The first-order valence-electron chi connectivity index (χ1n) is 9.16. The van der Waals surface area contributed by atoms with E-state index >= 15 is 0 Å². The van der Waals surface area contributed by atoms with Gasteiger partial charge in [-0.1, -0.05) is 0 Å². The first-order chi connectivity index (χ1) is 13.6. The van der Waals surface area contributed by atoms with Gasteiger partial charge < -0.3 is 10.2 Å². The van der Waals surface area contributed by atoms with Crippen LogP contribution in [0.1, 0.15) is 24.2 Å². The zero-order valence-electron chi connectivity index (χ0n) is 15.8. The Balaban J connectivity index is 1.56. The summed E-state index contributed by atoms with van der Waals surface area (Å²) in [6.45, 7) is 3.99. The van der Waals surface area contributed by atoms with Gasteiger partial charge in [0.05, 0.1) is 10.5 Å². The number of hydrogen-bond acceptors (Lipinski definition) is 6. The molecule has 29 heavy (non-hydrogen) atoms. The molecule has 2 heterocycles. The zero-order valence-corrected chi connectivity index (χ0v) is 16.6. The number of alkyl halides is 3. The second-order valence-corrected chi connectivity index (χ2v) is 8.47. The molecule has 7 nitrogen and oxygen atoms in total. The van der Waals surface area contributed by atoms with Crippen LogP contribution in [-0.2, 0) is 16.2 Å². The van der Waals surface area contributed by atoms with Crippen molar-refractivity contribution in [1.82, 2.24) is 14.7 Å². The van der Waals surface area contributed by atoms with Crippen molar-refractivity contribution in [1.29, 1.82) is 0 Å². The molecular weight excluding hydrogens is 407 g/mol. The molecule has 0 bridgehead atoms. The number of rotatable bonds is 7. The zero-order chi connectivity index (χ0) is 21.1. The fourth-order valence-corrected chi connectivity index (χ4v) is 4.06. The van der Waals surface area contributed by atoms with Crippen LogP contribution in [0.3, 0.4) is 0 Å². The van der Waals surface area contributed by atoms with Gasteiger partial charge in [-0.15, -0.1) is 0 Å². The number of nitrogens with zero attached hydrogens (tertiary/aromatic N) is 3. The van der Waals surface area contributed by atoms with E-state index in [2.05, 4.69) is 24.9 Å². The fraction of sp³-hybridized carbons (Fsp3) is 0.444. The normalized spacial score (nSPS) is 15.0. The van der Waals surface area contributed by atoms with Crippen molar-refractivity contribution in [2.75, 3.05) is 36.4 Å². The number of hydrogen-bond donors (Lipinski definition) is 2. The van der Waals surface area contributed by atoms with E-state index in [1.165, 1.54) is 0 Å². The van der Waals surface area contributed by atoms with Gasteiger partial charge in [0.15, 0.2) is 0 Å². The molecule has 1 aromatic carbocycles. The molecule has 0 radical (unpaired) electrons. The first kappa shape index (κ1) is 21.3. The Bertz CT molecular complexity index is 943. The number of sulfonamides is 1. The van der Waals surface area contributed by atoms with Gasteiger partial charge in [-0.3, -0.25) is 0 Å². The molecule has 0 amide bonds. The van der Waals surface area contributed by atoms with Crippen LogP contribution in [0, 0.1) is 6.92 Å². The molecular formula is C18H22F3N5O2S. The number of halogens is 3. The third kappa shape index (κ3) is 5.57. The van der Waals surface area contributed by atoms with E-state index in [0.29, 0.717) is 11.6 Å². The van der Waals surface area contributed by atoms with Gasteiger partial charge in [0.25, 0.3) is 0 Å². The van der Waals surface area contributed by atoms with Crippen LogP contribution < -0.4 is 14.9 Å². The number of nitrogens with one attached hydrogen (secondary N) is 2. The smallest absolute Gasteiger partial charge is 0.369 e. The minimum atomic E-state index is -4.51. The van der Waals surface area contributed by atoms with Gasteiger partial charge in [0.2, 0.25) is 10.0 Å². The lowest BCUT2D eigenvalue weighted by Gasteiger charge is -2.17. The molecule has 158 valence electrons. The van der Waals surface area contributed by atoms with E-state index in [0.717, 1.165) is 56.0 Å². The van der Waals surface area contributed by atoms with Crippen LogP contribution in [-0.4, -0.2) is 44.6 Å². The van der Waals surface area contributed by atoms with Crippen LogP contribution >= 0.6 is 0 Å². The largest absolute Gasteiger partial charge is 0.416 e. The average molecular weight is 429 g/mol.